The maximum atomic E-state index is 13.5. The minimum Gasteiger partial charge on any atom is -0.318 e. The number of aromatic nitrogens is 2. The van der Waals surface area contributed by atoms with Gasteiger partial charge in [-0.1, -0.05) is 18.2 Å². The Balaban J connectivity index is 1.81. The van der Waals surface area contributed by atoms with Crippen molar-refractivity contribution in [2.45, 2.75) is 0 Å². The molecule has 1 aromatic heterocycles. The molecule has 1 heterocycles. The Hall–Kier alpha value is -3.02. The molecule has 0 saturated heterocycles. The zero-order valence-corrected chi connectivity index (χ0v) is 11.3. The molecule has 110 valence electrons. The first-order valence-corrected chi connectivity index (χ1v) is 6.51. The summed E-state index contributed by atoms with van der Waals surface area (Å²) in [4.78, 5) is 12.0. The zero-order chi connectivity index (χ0) is 15.5. The van der Waals surface area contributed by atoms with Crippen LogP contribution in [-0.2, 0) is 0 Å². The number of benzene rings is 2. The number of carbonyl (C=O) groups is 1. The van der Waals surface area contributed by atoms with Crippen molar-refractivity contribution in [1.29, 1.82) is 0 Å². The van der Waals surface area contributed by atoms with Gasteiger partial charge >= 0.3 is 0 Å². The summed E-state index contributed by atoms with van der Waals surface area (Å²) in [6.07, 6.45) is 1.62. The molecular weight excluding hydrogens is 288 g/mol. The Labute approximate surface area is 125 Å². The quantitative estimate of drug-likeness (QED) is 0.805. The van der Waals surface area contributed by atoms with E-state index in [1.54, 1.807) is 6.20 Å². The molecule has 22 heavy (non-hydrogen) atoms. The van der Waals surface area contributed by atoms with Crippen LogP contribution in [0.15, 0.2) is 60.8 Å². The van der Waals surface area contributed by atoms with Gasteiger partial charge in [-0.15, -0.1) is 0 Å². The third-order valence-electron chi connectivity index (χ3n) is 3.02. The lowest BCUT2D eigenvalue weighted by Gasteiger charge is -2.05. The summed E-state index contributed by atoms with van der Waals surface area (Å²) in [5, 5.41) is 6.42. The maximum absolute atomic E-state index is 13.5. The van der Waals surface area contributed by atoms with Gasteiger partial charge in [0.1, 0.15) is 11.6 Å². The minimum atomic E-state index is -0.711. The van der Waals surface area contributed by atoms with Crippen LogP contribution in [0.3, 0.4) is 0 Å². The first-order chi connectivity index (χ1) is 10.6. The van der Waals surface area contributed by atoms with Gasteiger partial charge in [-0.05, 0) is 30.3 Å². The third-order valence-corrected chi connectivity index (χ3v) is 3.02. The molecule has 0 aliphatic heterocycles. The molecule has 0 bridgehead atoms. The van der Waals surface area contributed by atoms with E-state index in [0.29, 0.717) is 0 Å². The molecule has 3 aromatic rings. The number of nitrogens with one attached hydrogen (secondary N) is 1. The highest BCUT2D eigenvalue weighted by Crippen LogP contribution is 2.16. The van der Waals surface area contributed by atoms with Gasteiger partial charge in [0.05, 0.1) is 11.4 Å². The van der Waals surface area contributed by atoms with Crippen LogP contribution >= 0.6 is 0 Å². The van der Waals surface area contributed by atoms with Crippen molar-refractivity contribution in [3.8, 4) is 5.69 Å². The van der Waals surface area contributed by atoms with Gasteiger partial charge < -0.3 is 5.32 Å². The second-order valence-corrected chi connectivity index (χ2v) is 4.56. The van der Waals surface area contributed by atoms with Crippen LogP contribution in [0.5, 0.6) is 0 Å². The van der Waals surface area contributed by atoms with Gasteiger partial charge in [0.15, 0.2) is 5.69 Å². The van der Waals surface area contributed by atoms with E-state index < -0.39 is 17.5 Å². The molecule has 6 heteroatoms. The molecule has 0 radical (unpaired) electrons. The molecule has 2 aromatic carbocycles. The molecule has 0 fully saturated rings. The Bertz CT molecular complexity index is 815. The zero-order valence-electron chi connectivity index (χ0n) is 11.3. The first kappa shape index (κ1) is 13.9. The summed E-state index contributed by atoms with van der Waals surface area (Å²) in [5.74, 6) is -1.96. The largest absolute Gasteiger partial charge is 0.318 e. The monoisotopic (exact) mass is 299 g/mol. The van der Waals surface area contributed by atoms with E-state index in [4.69, 9.17) is 0 Å². The number of para-hydroxylation sites is 1. The molecule has 0 spiro atoms. The van der Waals surface area contributed by atoms with E-state index in [0.717, 1.165) is 23.9 Å². The van der Waals surface area contributed by atoms with E-state index in [-0.39, 0.29) is 11.4 Å². The van der Waals surface area contributed by atoms with E-state index in [1.165, 1.54) is 10.7 Å². The van der Waals surface area contributed by atoms with Crippen molar-refractivity contribution in [1.82, 2.24) is 9.78 Å². The van der Waals surface area contributed by atoms with E-state index in [9.17, 15) is 13.6 Å². The Kier molecular flexibility index (Phi) is 3.65. The van der Waals surface area contributed by atoms with Gasteiger partial charge in [-0.25, -0.2) is 13.5 Å². The fraction of sp³-hybridized carbons (Fsp3) is 0. The topological polar surface area (TPSA) is 46.9 Å². The summed E-state index contributed by atoms with van der Waals surface area (Å²) >= 11 is 0. The van der Waals surface area contributed by atoms with Crippen molar-refractivity contribution in [2.24, 2.45) is 0 Å². The number of halogens is 2. The van der Waals surface area contributed by atoms with E-state index in [1.807, 2.05) is 30.3 Å². The summed E-state index contributed by atoms with van der Waals surface area (Å²) in [6, 6.07) is 13.6. The normalized spacial score (nSPS) is 10.5. The van der Waals surface area contributed by atoms with Gasteiger partial charge in [0, 0.05) is 12.3 Å². The minimum absolute atomic E-state index is 0.104. The highest BCUT2D eigenvalue weighted by molar-refractivity contribution is 6.02. The van der Waals surface area contributed by atoms with E-state index >= 15 is 0 Å². The molecule has 1 N–H and O–H groups in total. The molecule has 4 nitrogen and oxygen atoms in total. The predicted molar refractivity (Wildman–Crippen MR) is 77.9 cm³/mol. The molecule has 3 rings (SSSR count). The number of nitrogens with zero attached hydrogens (tertiary/aromatic N) is 2. The average Bonchev–Trinajstić information content (AvgIpc) is 3.02. The van der Waals surface area contributed by atoms with Crippen molar-refractivity contribution in [3.63, 3.8) is 0 Å². The van der Waals surface area contributed by atoms with Crippen LogP contribution < -0.4 is 5.32 Å². The SMILES string of the molecule is O=C(Nc1cc(F)ccc1F)c1ccn(-c2ccccc2)n1. The van der Waals surface area contributed by atoms with Crippen LogP contribution in [0.25, 0.3) is 5.69 Å². The molecule has 0 aliphatic carbocycles. The smallest absolute Gasteiger partial charge is 0.276 e. The lowest BCUT2D eigenvalue weighted by Crippen LogP contribution is -2.14. The highest BCUT2D eigenvalue weighted by Gasteiger charge is 2.13. The van der Waals surface area contributed by atoms with Crippen LogP contribution in [0.4, 0.5) is 14.5 Å². The maximum Gasteiger partial charge on any atom is 0.276 e. The van der Waals surface area contributed by atoms with Crippen molar-refractivity contribution in [3.05, 3.63) is 78.1 Å². The van der Waals surface area contributed by atoms with Crippen LogP contribution in [-0.4, -0.2) is 15.7 Å². The molecular formula is C16H11F2N3O. The fourth-order valence-electron chi connectivity index (χ4n) is 1.95. The Morgan fingerprint density at radius 3 is 2.59 bits per heavy atom. The molecule has 0 saturated carbocycles. The number of rotatable bonds is 3. The lowest BCUT2D eigenvalue weighted by atomic mass is 10.3. The number of hydrogen-bond acceptors (Lipinski definition) is 2. The third kappa shape index (κ3) is 2.85. The number of amides is 1. The van der Waals surface area contributed by atoms with Crippen LogP contribution in [0.2, 0.25) is 0 Å². The summed E-state index contributed by atoms with van der Waals surface area (Å²) in [5.41, 5.74) is 0.672. The fourth-order valence-corrected chi connectivity index (χ4v) is 1.95. The van der Waals surface area contributed by atoms with E-state index in [2.05, 4.69) is 10.4 Å². The van der Waals surface area contributed by atoms with Gasteiger partial charge in [0.25, 0.3) is 5.91 Å². The summed E-state index contributed by atoms with van der Waals surface area (Å²) in [6.45, 7) is 0. The summed E-state index contributed by atoms with van der Waals surface area (Å²) in [7, 11) is 0. The van der Waals surface area contributed by atoms with Crippen LogP contribution in [0.1, 0.15) is 10.5 Å². The van der Waals surface area contributed by atoms with Crippen molar-refractivity contribution >= 4 is 11.6 Å². The first-order valence-electron chi connectivity index (χ1n) is 6.51. The molecule has 0 aliphatic rings. The average molecular weight is 299 g/mol. The molecule has 0 unspecified atom stereocenters. The van der Waals surface area contributed by atoms with Gasteiger partial charge in [0.2, 0.25) is 0 Å². The van der Waals surface area contributed by atoms with Gasteiger partial charge in [-0.2, -0.15) is 5.10 Å². The standard InChI is InChI=1S/C16H11F2N3O/c17-11-6-7-13(18)15(10-11)19-16(22)14-8-9-21(20-14)12-4-2-1-3-5-12/h1-10H,(H,19,22). The predicted octanol–water partition coefficient (Wildman–Crippen LogP) is 3.40. The second-order valence-electron chi connectivity index (χ2n) is 4.56. The number of hydrogen-bond donors (Lipinski definition) is 1. The lowest BCUT2D eigenvalue weighted by molar-refractivity contribution is 0.102. The van der Waals surface area contributed by atoms with Gasteiger partial charge in [-0.3, -0.25) is 4.79 Å². The molecule has 0 atom stereocenters. The Morgan fingerprint density at radius 2 is 1.82 bits per heavy atom. The van der Waals surface area contributed by atoms with Crippen molar-refractivity contribution < 1.29 is 13.6 Å². The Morgan fingerprint density at radius 1 is 1.05 bits per heavy atom. The highest BCUT2D eigenvalue weighted by atomic mass is 19.1. The molecule has 1 amide bonds. The van der Waals surface area contributed by atoms with Crippen LogP contribution in [0, 0.1) is 11.6 Å². The van der Waals surface area contributed by atoms with Crippen molar-refractivity contribution in [2.75, 3.05) is 5.32 Å². The number of carbonyl (C=O) groups excluding carboxylic acids is 1. The number of anilines is 1. The second kappa shape index (κ2) is 5.77. The summed E-state index contributed by atoms with van der Waals surface area (Å²) < 4.78 is 28.1.